The van der Waals surface area contributed by atoms with Crippen LogP contribution in [0.1, 0.15) is 29.5 Å². The van der Waals surface area contributed by atoms with Crippen LogP contribution in [0, 0.1) is 0 Å². The molecule has 6 N–H and O–H groups in total. The average Bonchev–Trinajstić information content (AvgIpc) is 3.54. The van der Waals surface area contributed by atoms with Gasteiger partial charge in [0.25, 0.3) is 0 Å². The Morgan fingerprint density at radius 3 is 2.02 bits per heavy atom. The Bertz CT molecular complexity index is 1540. The van der Waals surface area contributed by atoms with Crippen LogP contribution >= 0.6 is 23.2 Å². The van der Waals surface area contributed by atoms with Crippen LogP contribution < -0.4 is 31.7 Å². The van der Waals surface area contributed by atoms with Gasteiger partial charge in [0.2, 0.25) is 0 Å². The lowest BCUT2D eigenvalue weighted by atomic mass is 10.1. The molecule has 0 aliphatic carbocycles. The first-order valence-corrected chi connectivity index (χ1v) is 16.2. The van der Waals surface area contributed by atoms with E-state index < -0.39 is 0 Å². The van der Waals surface area contributed by atoms with E-state index in [2.05, 4.69) is 20.9 Å². The van der Waals surface area contributed by atoms with Gasteiger partial charge in [0.05, 0.1) is 35.2 Å². The fourth-order valence-electron chi connectivity index (χ4n) is 4.69. The maximum atomic E-state index is 6.43. The van der Waals surface area contributed by atoms with Crippen molar-refractivity contribution in [2.45, 2.75) is 32.2 Å². The fraction of sp³-hybridized carbons (Fsp3) is 0.353. The Labute approximate surface area is 281 Å². The monoisotopic (exact) mass is 666 g/mol. The number of hydrogen-bond acceptors (Lipinski definition) is 9. The molecule has 4 aromatic rings. The number of halogens is 2. The number of ether oxygens (including phenoxy) is 2. The second kappa shape index (κ2) is 18.4. The van der Waals surface area contributed by atoms with Crippen molar-refractivity contribution in [3.05, 3.63) is 99.8 Å². The van der Waals surface area contributed by atoms with Gasteiger partial charge in [0.15, 0.2) is 0 Å². The molecule has 0 aliphatic heterocycles. The lowest BCUT2D eigenvalue weighted by molar-refractivity contribution is 0.310. The molecule has 0 fully saturated rings. The number of rotatable bonds is 19. The Hall–Kier alpha value is -3.80. The number of nitrogens with one attached hydrogen (secondary N) is 2. The average molecular weight is 668 g/mol. The van der Waals surface area contributed by atoms with E-state index in [0.717, 1.165) is 60.3 Å². The molecule has 0 aliphatic rings. The van der Waals surface area contributed by atoms with Gasteiger partial charge in [-0.1, -0.05) is 64.8 Å². The molecule has 0 unspecified atom stereocenters. The number of nitrogens with zero attached hydrogens (tertiary/aromatic N) is 4. The fourth-order valence-corrected chi connectivity index (χ4v) is 5.20. The highest BCUT2D eigenvalue weighted by Gasteiger charge is 2.09. The number of hydrazine groups is 1. The number of benzene rings is 3. The molecule has 0 radical (unpaired) electrons. The van der Waals surface area contributed by atoms with Gasteiger partial charge in [-0.3, -0.25) is 4.68 Å². The smallest absolute Gasteiger partial charge is 0.137 e. The van der Waals surface area contributed by atoms with E-state index in [1.165, 1.54) is 0 Å². The van der Waals surface area contributed by atoms with Crippen molar-refractivity contribution in [2.24, 2.45) is 11.6 Å². The molecule has 0 saturated carbocycles. The molecule has 3 aromatic carbocycles. The van der Waals surface area contributed by atoms with E-state index >= 15 is 0 Å². The molecule has 0 atom stereocenters. The summed E-state index contributed by atoms with van der Waals surface area (Å²) in [4.78, 5) is 0. The highest BCUT2D eigenvalue weighted by Crippen LogP contribution is 2.27. The van der Waals surface area contributed by atoms with Gasteiger partial charge in [0.1, 0.15) is 17.2 Å². The Balaban J connectivity index is 1.25. The molecule has 0 bridgehead atoms. The first kappa shape index (κ1) is 35.1. The van der Waals surface area contributed by atoms with Crippen LogP contribution in [-0.2, 0) is 19.4 Å². The minimum Gasteiger partial charge on any atom is -0.492 e. The maximum absolute atomic E-state index is 6.43. The maximum Gasteiger partial charge on any atom is 0.137 e. The number of hydrogen-bond donors (Lipinski definition) is 4. The summed E-state index contributed by atoms with van der Waals surface area (Å²) in [7, 11) is 3.84. The van der Waals surface area contributed by atoms with E-state index in [-0.39, 0.29) is 0 Å². The molecule has 0 saturated heterocycles. The van der Waals surface area contributed by atoms with E-state index in [1.54, 1.807) is 11.2 Å². The van der Waals surface area contributed by atoms with Crippen molar-refractivity contribution >= 4 is 28.9 Å². The van der Waals surface area contributed by atoms with Crippen molar-refractivity contribution < 1.29 is 9.47 Å². The van der Waals surface area contributed by atoms with Crippen LogP contribution in [-0.4, -0.2) is 66.9 Å². The highest BCUT2D eigenvalue weighted by atomic mass is 35.5. The molecule has 1 aromatic heterocycles. The van der Waals surface area contributed by atoms with E-state index in [9.17, 15) is 0 Å². The largest absolute Gasteiger partial charge is 0.492 e. The zero-order valence-corrected chi connectivity index (χ0v) is 28.0. The van der Waals surface area contributed by atoms with Crippen LogP contribution in [0.25, 0.3) is 17.0 Å². The summed E-state index contributed by atoms with van der Waals surface area (Å²) >= 11 is 12.8. The minimum absolute atomic E-state index is 0.564. The summed E-state index contributed by atoms with van der Waals surface area (Å²) in [6.07, 6.45) is 6.98. The van der Waals surface area contributed by atoms with E-state index in [1.807, 2.05) is 85.6 Å². The minimum atomic E-state index is 0.564. The lowest BCUT2D eigenvalue weighted by Gasteiger charge is -2.16. The predicted octanol–water partition coefficient (Wildman–Crippen LogP) is 5.15. The number of aryl methyl sites for hydroxylation is 2. The first-order chi connectivity index (χ1) is 22.4. The number of aromatic nitrogens is 3. The van der Waals surface area contributed by atoms with Crippen molar-refractivity contribution in [2.75, 3.05) is 46.9 Å². The predicted molar refractivity (Wildman–Crippen MR) is 187 cm³/mol. The molecule has 246 valence electrons. The third kappa shape index (κ3) is 10.9. The second-order valence-corrected chi connectivity index (χ2v) is 11.7. The first-order valence-electron chi connectivity index (χ1n) is 15.5. The van der Waals surface area contributed by atoms with Gasteiger partial charge in [-0.25, -0.2) is 5.84 Å². The summed E-state index contributed by atoms with van der Waals surface area (Å²) < 4.78 is 13.4. The van der Waals surface area contributed by atoms with Gasteiger partial charge in [-0.15, -0.1) is 5.10 Å². The third-order valence-corrected chi connectivity index (χ3v) is 7.89. The molecule has 0 spiro atoms. The van der Waals surface area contributed by atoms with Crippen molar-refractivity contribution in [3.8, 4) is 22.8 Å². The normalized spacial score (nSPS) is 11.5. The summed E-state index contributed by atoms with van der Waals surface area (Å²) in [5, 5.41) is 17.7. The number of nitrogens with two attached hydrogens (primary N) is 2. The molecule has 12 heteroatoms. The Morgan fingerprint density at radius 1 is 0.870 bits per heavy atom. The van der Waals surface area contributed by atoms with Gasteiger partial charge in [0, 0.05) is 24.9 Å². The highest BCUT2D eigenvalue weighted by molar-refractivity contribution is 6.32. The SMILES string of the molecule is CNCCCOc1ccc(CCN(N)/C=C(\N)c2ccc(-c3cn(CCc4ccc(OCCCNC)c(Cl)c4)nn3)cc2)cc1Cl. The summed E-state index contributed by atoms with van der Waals surface area (Å²) in [5.74, 6) is 7.63. The summed E-state index contributed by atoms with van der Waals surface area (Å²) in [6, 6.07) is 19.6. The molecule has 4 rings (SSSR count). The van der Waals surface area contributed by atoms with Crippen LogP contribution in [0.3, 0.4) is 0 Å². The molecular weight excluding hydrogens is 623 g/mol. The molecular formula is C34H44Cl2N8O2. The zero-order chi connectivity index (χ0) is 32.7. The van der Waals surface area contributed by atoms with E-state index in [0.29, 0.717) is 60.0 Å². The van der Waals surface area contributed by atoms with Gasteiger partial charge in [-0.2, -0.15) is 0 Å². The standard InChI is InChI=1S/C34H44Cl2N8O2/c1-39-15-3-19-45-33-11-5-25(21-29(33)35)13-17-43(38)23-31(37)27-7-9-28(10-8-27)32-24-44(42-41-32)18-14-26-6-12-34(30(36)22-26)46-20-4-16-40-2/h5-12,21-24,39-40H,3-4,13-20,37-38H2,1-2H3/b31-23-. The molecule has 0 amide bonds. The third-order valence-electron chi connectivity index (χ3n) is 7.30. The van der Waals surface area contributed by atoms with Gasteiger partial charge >= 0.3 is 0 Å². The Morgan fingerprint density at radius 2 is 1.46 bits per heavy atom. The van der Waals surface area contributed by atoms with Crippen LogP contribution in [0.5, 0.6) is 11.5 Å². The van der Waals surface area contributed by atoms with E-state index in [4.69, 9.17) is 44.3 Å². The van der Waals surface area contributed by atoms with Crippen molar-refractivity contribution in [1.82, 2.24) is 30.6 Å². The van der Waals surface area contributed by atoms with Crippen LogP contribution in [0.15, 0.2) is 73.1 Å². The lowest BCUT2D eigenvalue weighted by Crippen LogP contribution is -2.28. The quantitative estimate of drug-likeness (QED) is 0.0610. The zero-order valence-electron chi connectivity index (χ0n) is 26.5. The molecule has 46 heavy (non-hydrogen) atoms. The van der Waals surface area contributed by atoms with Crippen molar-refractivity contribution in [3.63, 3.8) is 0 Å². The molecule has 1 heterocycles. The second-order valence-electron chi connectivity index (χ2n) is 10.9. The Kier molecular flexibility index (Phi) is 14.0. The van der Waals surface area contributed by atoms with Crippen LogP contribution in [0.2, 0.25) is 10.0 Å². The summed E-state index contributed by atoms with van der Waals surface area (Å²) in [5.41, 5.74) is 11.7. The van der Waals surface area contributed by atoms with Gasteiger partial charge < -0.3 is 30.8 Å². The van der Waals surface area contributed by atoms with Crippen molar-refractivity contribution in [1.29, 1.82) is 0 Å². The van der Waals surface area contributed by atoms with Gasteiger partial charge in [-0.05, 0) is 93.8 Å². The topological polar surface area (TPSA) is 129 Å². The molecule has 10 nitrogen and oxygen atoms in total. The summed E-state index contributed by atoms with van der Waals surface area (Å²) in [6.45, 7) is 4.28. The van der Waals surface area contributed by atoms with Crippen LogP contribution in [0.4, 0.5) is 0 Å².